The molecule has 5 N–H and O–H groups in total. The van der Waals surface area contributed by atoms with Crippen molar-refractivity contribution in [3.63, 3.8) is 0 Å². The monoisotopic (exact) mass is 928 g/mol. The molecule has 4 unspecified atom stereocenters. The summed E-state index contributed by atoms with van der Waals surface area (Å²) in [6, 6.07) is 24.2. The number of hydrogen-bond donors (Lipinski definition) is 5. The van der Waals surface area contributed by atoms with Gasteiger partial charge in [0.2, 0.25) is 17.7 Å². The molecule has 1 fully saturated rings. The van der Waals surface area contributed by atoms with Crippen molar-refractivity contribution >= 4 is 44.9 Å². The van der Waals surface area contributed by atoms with Crippen LogP contribution in [0.25, 0.3) is 20.5 Å². The first-order valence-electron chi connectivity index (χ1n) is 23.3. The van der Waals surface area contributed by atoms with Crippen molar-refractivity contribution in [2.75, 3.05) is 32.8 Å². The second kappa shape index (κ2) is 23.0. The minimum atomic E-state index is -0.872. The molecule has 0 saturated carbocycles. The minimum Gasteiger partial charge on any atom is -0.508 e. The fourth-order valence-corrected chi connectivity index (χ4v) is 9.70. The van der Waals surface area contributed by atoms with Crippen molar-refractivity contribution in [3.05, 3.63) is 113 Å². The standard InChI is InChI=1S/C54H64N4O8S/c1-7-36-15-17-37(18-16-36)35(3)55-52(64)45-32-42(61)34-58(45)53(65)51(54(4,5)6)56-47(62)14-12-10-9-11-13-29-57(8-2)30-31-66-43-26-21-38(22-27-43)49(63)48-44-28-25-41(60)33-46(44)67-50(48)39-19-23-40(59)24-20-39/h1,15-28,33,35,42,45,51,59-61H,8-14,29-32,34H2,2-6H3,(H,55,64)(H,56,62). The van der Waals surface area contributed by atoms with E-state index in [4.69, 9.17) is 11.2 Å². The van der Waals surface area contributed by atoms with Crippen molar-refractivity contribution < 1.29 is 39.2 Å². The fraction of sp³-hybridized carbons (Fsp3) is 0.407. The maximum atomic E-state index is 14.0. The topological polar surface area (TPSA) is 169 Å². The van der Waals surface area contributed by atoms with E-state index in [1.165, 1.54) is 16.2 Å². The van der Waals surface area contributed by atoms with Crippen LogP contribution >= 0.6 is 11.3 Å². The Morgan fingerprint density at radius 1 is 0.881 bits per heavy atom. The Kier molecular flexibility index (Phi) is 17.2. The first-order valence-corrected chi connectivity index (χ1v) is 24.1. The smallest absolute Gasteiger partial charge is 0.246 e. The average molecular weight is 929 g/mol. The number of fused-ring (bicyclic) bond motifs is 1. The first-order chi connectivity index (χ1) is 32.1. The van der Waals surface area contributed by atoms with E-state index in [1.54, 1.807) is 66.7 Å². The van der Waals surface area contributed by atoms with Crippen LogP contribution in [0, 0.1) is 17.8 Å². The lowest BCUT2D eigenvalue weighted by Crippen LogP contribution is -2.57. The number of ketones is 1. The fourth-order valence-electron chi connectivity index (χ4n) is 8.46. The summed E-state index contributed by atoms with van der Waals surface area (Å²) in [6.45, 7) is 12.7. The number of ether oxygens (including phenoxy) is 1. The highest BCUT2D eigenvalue weighted by Gasteiger charge is 2.44. The number of likely N-dealkylation sites (tertiary alicyclic amines) is 1. The van der Waals surface area contributed by atoms with E-state index in [-0.39, 0.29) is 60.4 Å². The molecule has 4 aromatic carbocycles. The van der Waals surface area contributed by atoms with Gasteiger partial charge in [0.1, 0.15) is 35.9 Å². The molecule has 6 rings (SSSR count). The van der Waals surface area contributed by atoms with E-state index >= 15 is 0 Å². The molecule has 12 nitrogen and oxygen atoms in total. The number of β-amino-alcohol motifs (C(OH)–C–C–N with tert-alkyl or cyclic N) is 1. The number of amides is 3. The van der Waals surface area contributed by atoms with Gasteiger partial charge in [0.25, 0.3) is 0 Å². The van der Waals surface area contributed by atoms with Crippen LogP contribution < -0.4 is 15.4 Å². The Hall–Kier alpha value is -6.20. The van der Waals surface area contributed by atoms with Gasteiger partial charge in [-0.3, -0.25) is 19.2 Å². The van der Waals surface area contributed by atoms with Crippen LogP contribution in [-0.4, -0.2) is 99.6 Å². The zero-order valence-corrected chi connectivity index (χ0v) is 40.0. The van der Waals surface area contributed by atoms with Crippen LogP contribution in [0.15, 0.2) is 91.0 Å². The third-order valence-electron chi connectivity index (χ3n) is 12.4. The van der Waals surface area contributed by atoms with Crippen molar-refractivity contribution in [3.8, 4) is 40.0 Å². The molecule has 1 saturated heterocycles. The second-order valence-electron chi connectivity index (χ2n) is 18.4. The molecule has 1 aromatic heterocycles. The largest absolute Gasteiger partial charge is 0.508 e. The zero-order chi connectivity index (χ0) is 48.3. The van der Waals surface area contributed by atoms with E-state index in [9.17, 15) is 34.5 Å². The summed E-state index contributed by atoms with van der Waals surface area (Å²) >= 11 is 1.42. The number of aromatic hydroxyl groups is 2. The minimum absolute atomic E-state index is 0.0132. The Labute approximate surface area is 398 Å². The first kappa shape index (κ1) is 50.2. The number of carbonyl (C=O) groups is 4. The van der Waals surface area contributed by atoms with Gasteiger partial charge >= 0.3 is 0 Å². The van der Waals surface area contributed by atoms with Crippen LogP contribution in [0.5, 0.6) is 17.2 Å². The van der Waals surface area contributed by atoms with E-state index in [0.29, 0.717) is 29.9 Å². The van der Waals surface area contributed by atoms with E-state index in [1.807, 2.05) is 52.0 Å². The number of unbranched alkanes of at least 4 members (excludes halogenated alkanes) is 4. The van der Waals surface area contributed by atoms with Crippen LogP contribution in [0.2, 0.25) is 0 Å². The molecule has 1 aliphatic rings. The summed E-state index contributed by atoms with van der Waals surface area (Å²) in [5.74, 6) is 2.43. The molecule has 0 spiro atoms. The van der Waals surface area contributed by atoms with Gasteiger partial charge in [-0.2, -0.15) is 0 Å². The van der Waals surface area contributed by atoms with Crippen molar-refractivity contribution in [2.24, 2.45) is 5.41 Å². The summed E-state index contributed by atoms with van der Waals surface area (Å²) < 4.78 is 6.88. The number of terminal acetylenes is 1. The second-order valence-corrected chi connectivity index (χ2v) is 19.5. The molecule has 5 aromatic rings. The molecular formula is C54H64N4O8S. The van der Waals surface area contributed by atoms with Crippen LogP contribution in [0.3, 0.4) is 0 Å². The quantitative estimate of drug-likeness (QED) is 0.0275. The van der Waals surface area contributed by atoms with Gasteiger partial charge in [0.05, 0.1) is 12.1 Å². The number of aliphatic hydroxyl groups is 1. The zero-order valence-electron chi connectivity index (χ0n) is 39.2. The number of nitrogens with zero attached hydrogens (tertiary/aromatic N) is 2. The summed E-state index contributed by atoms with van der Waals surface area (Å²) in [4.78, 5) is 59.2. The number of aliphatic hydroxyl groups excluding tert-OH is 1. The van der Waals surface area contributed by atoms with Gasteiger partial charge in [0, 0.05) is 57.6 Å². The Morgan fingerprint density at radius 3 is 2.22 bits per heavy atom. The van der Waals surface area contributed by atoms with Gasteiger partial charge in [-0.15, -0.1) is 17.8 Å². The molecule has 3 amide bonds. The predicted octanol–water partition coefficient (Wildman–Crippen LogP) is 8.60. The molecule has 0 aliphatic carbocycles. The SMILES string of the molecule is C#Cc1ccc(C(C)NC(=O)C2CC(O)CN2C(=O)C(NC(=O)CCCCCCCN(CC)CCOc2ccc(C(=O)c3c(-c4ccc(O)cc4)sc4cc(O)ccc34)cc2)C(C)(C)C)cc1. The molecular weight excluding hydrogens is 865 g/mol. The molecule has 354 valence electrons. The van der Waals surface area contributed by atoms with Gasteiger partial charge in [-0.25, -0.2) is 0 Å². The Bertz CT molecular complexity index is 2520. The number of benzene rings is 4. The maximum Gasteiger partial charge on any atom is 0.246 e. The van der Waals surface area contributed by atoms with E-state index in [2.05, 4.69) is 28.4 Å². The molecule has 1 aliphatic heterocycles. The molecule has 13 heteroatoms. The number of nitrogens with one attached hydrogen (secondary N) is 2. The lowest BCUT2D eigenvalue weighted by atomic mass is 9.85. The van der Waals surface area contributed by atoms with Crippen LogP contribution in [0.4, 0.5) is 0 Å². The highest BCUT2D eigenvalue weighted by atomic mass is 32.1. The molecule has 0 bridgehead atoms. The average Bonchev–Trinajstić information content (AvgIpc) is 3.90. The van der Waals surface area contributed by atoms with Gasteiger partial charge in [-0.05, 0) is 128 Å². The number of phenols is 2. The van der Waals surface area contributed by atoms with Crippen molar-refractivity contribution in [1.82, 2.24) is 20.4 Å². The summed E-state index contributed by atoms with van der Waals surface area (Å²) in [5, 5.41) is 37.2. The molecule has 4 atom stereocenters. The number of hydrogen-bond acceptors (Lipinski definition) is 10. The molecule has 2 heterocycles. The lowest BCUT2D eigenvalue weighted by molar-refractivity contribution is -0.144. The number of carbonyl (C=O) groups excluding carboxylic acids is 4. The van der Waals surface area contributed by atoms with E-state index < -0.39 is 23.6 Å². The Balaban J connectivity index is 0.903. The predicted molar refractivity (Wildman–Crippen MR) is 264 cm³/mol. The van der Waals surface area contributed by atoms with Crippen molar-refractivity contribution in [2.45, 2.75) is 104 Å². The normalized spacial score (nSPS) is 15.8. The highest BCUT2D eigenvalue weighted by molar-refractivity contribution is 7.22. The van der Waals surface area contributed by atoms with Crippen LogP contribution in [0.1, 0.15) is 113 Å². The number of likely N-dealkylation sites (N-methyl/N-ethyl adjacent to an activating group) is 1. The van der Waals surface area contributed by atoms with Gasteiger partial charge in [-0.1, -0.05) is 65.0 Å². The summed E-state index contributed by atoms with van der Waals surface area (Å²) in [5.41, 5.74) is 2.84. The van der Waals surface area contributed by atoms with Gasteiger partial charge in [0.15, 0.2) is 5.78 Å². The molecule has 67 heavy (non-hydrogen) atoms. The Morgan fingerprint density at radius 2 is 1.55 bits per heavy atom. The van der Waals surface area contributed by atoms with Gasteiger partial charge < -0.3 is 40.5 Å². The number of phenolic OH excluding ortho intramolecular Hbond substituents is 2. The van der Waals surface area contributed by atoms with Crippen LogP contribution in [-0.2, 0) is 14.4 Å². The number of thiophene rings is 1. The summed E-state index contributed by atoms with van der Waals surface area (Å²) in [7, 11) is 0. The number of rotatable bonds is 21. The summed E-state index contributed by atoms with van der Waals surface area (Å²) in [6.07, 6.45) is 9.59. The molecule has 0 radical (unpaired) electrons. The van der Waals surface area contributed by atoms with Crippen molar-refractivity contribution in [1.29, 1.82) is 0 Å². The third-order valence-corrected chi connectivity index (χ3v) is 13.6. The lowest BCUT2D eigenvalue weighted by Gasteiger charge is -2.35. The third kappa shape index (κ3) is 13.2. The highest BCUT2D eigenvalue weighted by Crippen LogP contribution is 2.41. The maximum absolute atomic E-state index is 14.0. The van der Waals surface area contributed by atoms with E-state index in [0.717, 1.165) is 77.0 Å².